The van der Waals surface area contributed by atoms with Crippen molar-refractivity contribution in [3.05, 3.63) is 18.2 Å². The molecule has 3 rings (SSSR count). The Hall–Kier alpha value is -1.00. The highest BCUT2D eigenvalue weighted by Gasteiger charge is 2.33. The van der Waals surface area contributed by atoms with Gasteiger partial charge in [-0.1, -0.05) is 0 Å². The molecule has 0 bridgehead atoms. The molecule has 0 amide bonds. The summed E-state index contributed by atoms with van der Waals surface area (Å²) in [6.45, 7) is 8.28. The third-order valence-electron chi connectivity index (χ3n) is 4.48. The zero-order chi connectivity index (χ0) is 16.3. The second-order valence-electron chi connectivity index (χ2n) is 5.87. The summed E-state index contributed by atoms with van der Waals surface area (Å²) in [6.07, 6.45) is 3.73. The summed E-state index contributed by atoms with van der Waals surface area (Å²) < 4.78 is 35.8. The van der Waals surface area contributed by atoms with Crippen molar-refractivity contribution in [2.45, 2.75) is 20.0 Å². The van der Waals surface area contributed by atoms with E-state index in [2.05, 4.69) is 21.4 Å². The first-order valence-electron chi connectivity index (χ1n) is 8.15. The minimum atomic E-state index is -3.34. The molecule has 2 fully saturated rings. The molecule has 0 spiro atoms. The second-order valence-corrected chi connectivity index (χ2v) is 7.79. The summed E-state index contributed by atoms with van der Waals surface area (Å²) in [7, 11) is -3.34. The zero-order valence-corrected chi connectivity index (χ0v) is 14.4. The average molecular weight is 343 g/mol. The van der Waals surface area contributed by atoms with Crippen LogP contribution >= 0.6 is 0 Å². The zero-order valence-electron chi connectivity index (χ0n) is 13.6. The van der Waals surface area contributed by atoms with Crippen LogP contribution in [0.2, 0.25) is 0 Å². The van der Waals surface area contributed by atoms with Crippen LogP contribution in [0.25, 0.3) is 0 Å². The molecule has 9 heteroatoms. The van der Waals surface area contributed by atoms with Crippen molar-refractivity contribution in [1.29, 1.82) is 0 Å². The highest BCUT2D eigenvalue weighted by atomic mass is 32.2. The topological polar surface area (TPSA) is 70.9 Å². The van der Waals surface area contributed by atoms with Crippen molar-refractivity contribution in [2.75, 3.05) is 52.5 Å². The SMILES string of the molecule is CCn1cncc1CN1CCN(S(=O)(=O)N2CCOCC2)CC1. The predicted molar refractivity (Wildman–Crippen MR) is 86.1 cm³/mol. The monoisotopic (exact) mass is 343 g/mol. The molecule has 2 aliphatic heterocycles. The molecule has 1 aromatic heterocycles. The Morgan fingerprint density at radius 1 is 1.09 bits per heavy atom. The van der Waals surface area contributed by atoms with E-state index in [-0.39, 0.29) is 0 Å². The molecule has 0 radical (unpaired) electrons. The van der Waals surface area contributed by atoms with Gasteiger partial charge in [0, 0.05) is 58.6 Å². The third-order valence-corrected chi connectivity index (χ3v) is 6.51. The van der Waals surface area contributed by atoms with Gasteiger partial charge in [-0.05, 0) is 6.92 Å². The summed E-state index contributed by atoms with van der Waals surface area (Å²) in [5, 5.41) is 0. The lowest BCUT2D eigenvalue weighted by Crippen LogP contribution is -2.54. The standard InChI is InChI=1S/C14H25N5O3S/c1-2-17-13-15-11-14(17)12-16-3-5-18(6-4-16)23(20,21)19-7-9-22-10-8-19/h11,13H,2-10,12H2,1H3. The van der Waals surface area contributed by atoms with Gasteiger partial charge in [-0.3, -0.25) is 4.90 Å². The van der Waals surface area contributed by atoms with Gasteiger partial charge >= 0.3 is 0 Å². The van der Waals surface area contributed by atoms with Crippen molar-refractivity contribution in [3.8, 4) is 0 Å². The Labute approximate surface area is 137 Å². The average Bonchev–Trinajstić information content (AvgIpc) is 3.03. The Bertz CT molecular complexity index is 604. The molecular formula is C14H25N5O3S. The van der Waals surface area contributed by atoms with Crippen molar-refractivity contribution < 1.29 is 13.2 Å². The predicted octanol–water partition coefficient (Wildman–Crippen LogP) is -0.402. The number of morpholine rings is 1. The van der Waals surface area contributed by atoms with Crippen LogP contribution < -0.4 is 0 Å². The smallest absolute Gasteiger partial charge is 0.282 e. The largest absolute Gasteiger partial charge is 0.379 e. The van der Waals surface area contributed by atoms with Gasteiger partial charge < -0.3 is 9.30 Å². The minimum absolute atomic E-state index is 0.457. The first-order valence-corrected chi connectivity index (χ1v) is 9.55. The molecule has 0 saturated carbocycles. The highest BCUT2D eigenvalue weighted by molar-refractivity contribution is 7.86. The maximum absolute atomic E-state index is 12.6. The maximum atomic E-state index is 12.6. The number of aryl methyl sites for hydroxylation is 1. The molecule has 2 saturated heterocycles. The van der Waals surface area contributed by atoms with Gasteiger partial charge in [0.15, 0.2) is 0 Å². The van der Waals surface area contributed by atoms with Gasteiger partial charge in [0.25, 0.3) is 10.2 Å². The molecule has 0 aliphatic carbocycles. The van der Waals surface area contributed by atoms with E-state index in [0.29, 0.717) is 39.4 Å². The number of rotatable bonds is 5. The van der Waals surface area contributed by atoms with Crippen LogP contribution in [0.1, 0.15) is 12.6 Å². The van der Waals surface area contributed by atoms with Crippen LogP contribution in [0.15, 0.2) is 12.5 Å². The normalized spacial score (nSPS) is 22.5. The van der Waals surface area contributed by atoms with E-state index in [0.717, 1.165) is 26.2 Å². The number of aromatic nitrogens is 2. The minimum Gasteiger partial charge on any atom is -0.379 e. The molecule has 3 heterocycles. The molecule has 23 heavy (non-hydrogen) atoms. The summed E-state index contributed by atoms with van der Waals surface area (Å²) in [4.78, 5) is 6.47. The fraction of sp³-hybridized carbons (Fsp3) is 0.786. The lowest BCUT2D eigenvalue weighted by Gasteiger charge is -2.37. The molecule has 0 N–H and O–H groups in total. The molecule has 130 valence electrons. The van der Waals surface area contributed by atoms with Gasteiger partial charge in [-0.2, -0.15) is 17.0 Å². The summed E-state index contributed by atoms with van der Waals surface area (Å²) in [6, 6.07) is 0. The fourth-order valence-electron chi connectivity index (χ4n) is 3.05. The maximum Gasteiger partial charge on any atom is 0.282 e. The van der Waals surface area contributed by atoms with Gasteiger partial charge in [-0.15, -0.1) is 0 Å². The molecule has 8 nitrogen and oxygen atoms in total. The number of hydrogen-bond donors (Lipinski definition) is 0. The van der Waals surface area contributed by atoms with E-state index >= 15 is 0 Å². The molecule has 0 atom stereocenters. The van der Waals surface area contributed by atoms with Crippen molar-refractivity contribution in [1.82, 2.24) is 23.1 Å². The number of piperazine rings is 1. The van der Waals surface area contributed by atoms with Crippen molar-refractivity contribution >= 4 is 10.2 Å². The van der Waals surface area contributed by atoms with E-state index < -0.39 is 10.2 Å². The van der Waals surface area contributed by atoms with E-state index in [1.54, 1.807) is 4.31 Å². The van der Waals surface area contributed by atoms with Crippen LogP contribution in [0, 0.1) is 0 Å². The van der Waals surface area contributed by atoms with E-state index in [4.69, 9.17) is 4.74 Å². The quantitative estimate of drug-likeness (QED) is 0.727. The first-order chi connectivity index (χ1) is 11.1. The van der Waals surface area contributed by atoms with E-state index in [1.165, 1.54) is 10.00 Å². The molecule has 0 aromatic carbocycles. The molecule has 0 unspecified atom stereocenters. The summed E-state index contributed by atoms with van der Waals surface area (Å²) in [5.41, 5.74) is 1.18. The molecular weight excluding hydrogens is 318 g/mol. The van der Waals surface area contributed by atoms with Crippen LogP contribution in [0.3, 0.4) is 0 Å². The fourth-order valence-corrected chi connectivity index (χ4v) is 4.61. The highest BCUT2D eigenvalue weighted by Crippen LogP contribution is 2.15. The van der Waals surface area contributed by atoms with Crippen molar-refractivity contribution in [2.24, 2.45) is 0 Å². The van der Waals surface area contributed by atoms with Gasteiger partial charge in [0.1, 0.15) is 0 Å². The Balaban J connectivity index is 1.55. The third kappa shape index (κ3) is 3.74. The van der Waals surface area contributed by atoms with E-state index in [1.807, 2.05) is 12.5 Å². The Kier molecular flexibility index (Phi) is 5.32. The summed E-state index contributed by atoms with van der Waals surface area (Å²) >= 11 is 0. The Morgan fingerprint density at radius 3 is 2.39 bits per heavy atom. The summed E-state index contributed by atoms with van der Waals surface area (Å²) in [5.74, 6) is 0. The molecule has 2 aliphatic rings. The number of nitrogens with zero attached hydrogens (tertiary/aromatic N) is 5. The second kappa shape index (κ2) is 7.27. The lowest BCUT2D eigenvalue weighted by atomic mass is 10.3. The van der Waals surface area contributed by atoms with Gasteiger partial charge in [-0.25, -0.2) is 4.98 Å². The number of imidazole rings is 1. The lowest BCUT2D eigenvalue weighted by molar-refractivity contribution is 0.0683. The van der Waals surface area contributed by atoms with Crippen LogP contribution in [0.4, 0.5) is 0 Å². The first kappa shape index (κ1) is 16.8. The van der Waals surface area contributed by atoms with Crippen LogP contribution in [-0.4, -0.2) is 84.0 Å². The molecule has 1 aromatic rings. The Morgan fingerprint density at radius 2 is 1.74 bits per heavy atom. The van der Waals surface area contributed by atoms with Gasteiger partial charge in [0.2, 0.25) is 0 Å². The van der Waals surface area contributed by atoms with Crippen molar-refractivity contribution in [3.63, 3.8) is 0 Å². The number of ether oxygens (including phenoxy) is 1. The number of hydrogen-bond acceptors (Lipinski definition) is 5. The van der Waals surface area contributed by atoms with Gasteiger partial charge in [0.05, 0.1) is 25.2 Å². The van der Waals surface area contributed by atoms with Crippen LogP contribution in [0.5, 0.6) is 0 Å². The van der Waals surface area contributed by atoms with Crippen LogP contribution in [-0.2, 0) is 28.0 Å². The van der Waals surface area contributed by atoms with E-state index in [9.17, 15) is 8.42 Å².